The Labute approximate surface area is 134 Å². The van der Waals surface area contributed by atoms with Gasteiger partial charge in [-0.25, -0.2) is 0 Å². The molecule has 122 valence electrons. The monoisotopic (exact) mass is 303 g/mol. The van der Waals surface area contributed by atoms with E-state index in [0.717, 1.165) is 23.4 Å². The second kappa shape index (κ2) is 7.63. The van der Waals surface area contributed by atoms with Gasteiger partial charge in [-0.15, -0.1) is 0 Å². The first-order valence-corrected chi connectivity index (χ1v) is 8.44. The van der Waals surface area contributed by atoms with Crippen molar-refractivity contribution in [2.75, 3.05) is 18.1 Å². The Morgan fingerprint density at radius 3 is 2.64 bits per heavy atom. The molecular weight excluding hydrogens is 274 g/mol. The van der Waals surface area contributed by atoms with Gasteiger partial charge in [0.05, 0.1) is 6.04 Å². The third-order valence-electron chi connectivity index (χ3n) is 4.94. The number of likely N-dealkylation sites (N-methyl/N-ethyl adjacent to an activating group) is 1. The van der Waals surface area contributed by atoms with Crippen LogP contribution < -0.4 is 11.1 Å². The fourth-order valence-corrected chi connectivity index (χ4v) is 3.23. The summed E-state index contributed by atoms with van der Waals surface area (Å²) in [6.07, 6.45) is 7.18. The van der Waals surface area contributed by atoms with Crippen molar-refractivity contribution >= 4 is 17.3 Å². The molecule has 0 heterocycles. The van der Waals surface area contributed by atoms with Crippen molar-refractivity contribution in [3.63, 3.8) is 0 Å². The summed E-state index contributed by atoms with van der Waals surface area (Å²) in [6, 6.07) is 6.17. The molecule has 1 aliphatic rings. The highest BCUT2D eigenvalue weighted by Crippen LogP contribution is 2.24. The number of benzene rings is 1. The quantitative estimate of drug-likeness (QED) is 0.819. The largest absolute Gasteiger partial charge is 0.398 e. The van der Waals surface area contributed by atoms with Crippen molar-refractivity contribution in [2.24, 2.45) is 0 Å². The van der Waals surface area contributed by atoms with E-state index in [9.17, 15) is 4.79 Å². The summed E-state index contributed by atoms with van der Waals surface area (Å²) in [5.41, 5.74) is 8.64. The fourth-order valence-electron chi connectivity index (χ4n) is 3.23. The highest BCUT2D eigenvalue weighted by molar-refractivity contribution is 5.95. The van der Waals surface area contributed by atoms with Crippen molar-refractivity contribution in [3.05, 3.63) is 23.8 Å². The number of hydrogen-bond donors (Lipinski definition) is 2. The standard InChI is InChI=1S/C18H29N3O/c1-4-14-10-11-15(12-17(14)19)20-18(22)13(2)21(3)16-8-6-5-7-9-16/h10-13,16H,4-9,19H2,1-3H3,(H,20,22). The lowest BCUT2D eigenvalue weighted by molar-refractivity contribution is -0.121. The number of aryl methyl sites for hydroxylation is 1. The van der Waals surface area contributed by atoms with Crippen molar-refractivity contribution in [2.45, 2.75) is 64.5 Å². The SMILES string of the molecule is CCc1ccc(NC(=O)C(C)N(C)C2CCCCC2)cc1N. The lowest BCUT2D eigenvalue weighted by Crippen LogP contribution is -2.46. The Morgan fingerprint density at radius 1 is 1.36 bits per heavy atom. The van der Waals surface area contributed by atoms with Crippen LogP contribution in [0.15, 0.2) is 18.2 Å². The predicted molar refractivity (Wildman–Crippen MR) is 93.0 cm³/mol. The number of rotatable bonds is 5. The summed E-state index contributed by atoms with van der Waals surface area (Å²) < 4.78 is 0. The van der Waals surface area contributed by atoms with Crippen LogP contribution in [0.4, 0.5) is 11.4 Å². The zero-order chi connectivity index (χ0) is 16.1. The van der Waals surface area contributed by atoms with Gasteiger partial charge in [-0.3, -0.25) is 9.69 Å². The van der Waals surface area contributed by atoms with Crippen LogP contribution in [-0.2, 0) is 11.2 Å². The maximum absolute atomic E-state index is 12.5. The molecule has 0 aromatic heterocycles. The topological polar surface area (TPSA) is 58.4 Å². The molecule has 4 heteroatoms. The molecular formula is C18H29N3O. The maximum Gasteiger partial charge on any atom is 0.241 e. The molecule has 1 atom stereocenters. The highest BCUT2D eigenvalue weighted by atomic mass is 16.2. The first-order chi connectivity index (χ1) is 10.5. The lowest BCUT2D eigenvalue weighted by atomic mass is 9.93. The third kappa shape index (κ3) is 4.01. The van der Waals surface area contributed by atoms with Crippen LogP contribution in [0.5, 0.6) is 0 Å². The van der Waals surface area contributed by atoms with Gasteiger partial charge in [0.1, 0.15) is 0 Å². The molecule has 1 saturated carbocycles. The first-order valence-electron chi connectivity index (χ1n) is 8.44. The molecule has 1 amide bonds. The Balaban J connectivity index is 1.97. The van der Waals surface area contributed by atoms with Crippen LogP contribution in [0.25, 0.3) is 0 Å². The van der Waals surface area contributed by atoms with E-state index in [2.05, 4.69) is 24.2 Å². The van der Waals surface area contributed by atoms with Crippen LogP contribution in [0, 0.1) is 0 Å². The summed E-state index contributed by atoms with van der Waals surface area (Å²) in [4.78, 5) is 14.7. The van der Waals surface area contributed by atoms with Gasteiger partial charge in [-0.1, -0.05) is 32.3 Å². The average Bonchev–Trinajstić information content (AvgIpc) is 2.54. The predicted octanol–water partition coefficient (Wildman–Crippen LogP) is 3.42. The van der Waals surface area contributed by atoms with Gasteiger partial charge < -0.3 is 11.1 Å². The molecule has 4 nitrogen and oxygen atoms in total. The van der Waals surface area contributed by atoms with Crippen molar-refractivity contribution in [3.8, 4) is 0 Å². The summed E-state index contributed by atoms with van der Waals surface area (Å²) in [5.74, 6) is 0.0386. The number of anilines is 2. The molecule has 2 rings (SSSR count). The molecule has 3 N–H and O–H groups in total. The molecule has 0 aliphatic heterocycles. The van der Waals surface area contributed by atoms with E-state index in [1.165, 1.54) is 32.1 Å². The number of nitrogens with zero attached hydrogens (tertiary/aromatic N) is 1. The molecule has 1 unspecified atom stereocenters. The molecule has 22 heavy (non-hydrogen) atoms. The number of hydrogen-bond acceptors (Lipinski definition) is 3. The number of nitrogens with one attached hydrogen (secondary N) is 1. The van der Waals surface area contributed by atoms with E-state index in [4.69, 9.17) is 5.73 Å². The van der Waals surface area contributed by atoms with Crippen LogP contribution in [0.2, 0.25) is 0 Å². The minimum atomic E-state index is -0.129. The van der Waals surface area contributed by atoms with Gasteiger partial charge in [0.15, 0.2) is 0 Å². The van der Waals surface area contributed by atoms with Crippen molar-refractivity contribution in [1.29, 1.82) is 0 Å². The van der Waals surface area contributed by atoms with Gasteiger partial charge in [0, 0.05) is 17.4 Å². The molecule has 0 spiro atoms. The van der Waals surface area contributed by atoms with Crippen LogP contribution in [0.1, 0.15) is 51.5 Å². The Morgan fingerprint density at radius 2 is 2.05 bits per heavy atom. The van der Waals surface area contributed by atoms with E-state index in [1.54, 1.807) is 0 Å². The van der Waals surface area contributed by atoms with E-state index in [1.807, 2.05) is 25.1 Å². The van der Waals surface area contributed by atoms with Crippen molar-refractivity contribution < 1.29 is 4.79 Å². The lowest BCUT2D eigenvalue weighted by Gasteiger charge is -2.34. The normalized spacial score (nSPS) is 17.5. The van der Waals surface area contributed by atoms with E-state index >= 15 is 0 Å². The van der Waals surface area contributed by atoms with Crippen molar-refractivity contribution in [1.82, 2.24) is 4.90 Å². The number of carbonyl (C=O) groups excluding carboxylic acids is 1. The van der Waals surface area contributed by atoms with Gasteiger partial charge >= 0.3 is 0 Å². The minimum absolute atomic E-state index is 0.0386. The number of nitrogen functional groups attached to an aromatic ring is 1. The average molecular weight is 303 g/mol. The Hall–Kier alpha value is -1.55. The van der Waals surface area contributed by atoms with Crippen LogP contribution >= 0.6 is 0 Å². The van der Waals surface area contributed by atoms with E-state index in [0.29, 0.717) is 6.04 Å². The molecule has 1 fully saturated rings. The molecule has 1 aliphatic carbocycles. The molecule has 0 radical (unpaired) electrons. The van der Waals surface area contributed by atoms with Crippen LogP contribution in [0.3, 0.4) is 0 Å². The summed E-state index contributed by atoms with van der Waals surface area (Å²) in [5, 5.41) is 2.99. The summed E-state index contributed by atoms with van der Waals surface area (Å²) >= 11 is 0. The Kier molecular flexibility index (Phi) is 5.83. The number of carbonyl (C=O) groups is 1. The molecule has 0 saturated heterocycles. The third-order valence-corrected chi connectivity index (χ3v) is 4.94. The van der Waals surface area contributed by atoms with Gasteiger partial charge in [0.2, 0.25) is 5.91 Å². The van der Waals surface area contributed by atoms with Gasteiger partial charge in [-0.05, 0) is 50.9 Å². The van der Waals surface area contributed by atoms with Gasteiger partial charge in [0.25, 0.3) is 0 Å². The first kappa shape index (κ1) is 16.8. The van der Waals surface area contributed by atoms with Crippen LogP contribution in [-0.4, -0.2) is 29.9 Å². The zero-order valence-corrected chi connectivity index (χ0v) is 14.1. The van der Waals surface area contributed by atoms with Gasteiger partial charge in [-0.2, -0.15) is 0 Å². The Bertz CT molecular complexity index is 509. The smallest absolute Gasteiger partial charge is 0.241 e. The molecule has 1 aromatic rings. The minimum Gasteiger partial charge on any atom is -0.398 e. The summed E-state index contributed by atoms with van der Waals surface area (Å²) in [6.45, 7) is 4.05. The second-order valence-electron chi connectivity index (χ2n) is 6.39. The molecule has 1 aromatic carbocycles. The molecule has 0 bridgehead atoms. The second-order valence-corrected chi connectivity index (χ2v) is 6.39. The number of nitrogens with two attached hydrogens (primary N) is 1. The zero-order valence-electron chi connectivity index (χ0n) is 14.1. The van der Waals surface area contributed by atoms with E-state index in [-0.39, 0.29) is 11.9 Å². The highest BCUT2D eigenvalue weighted by Gasteiger charge is 2.26. The van der Waals surface area contributed by atoms with E-state index < -0.39 is 0 Å². The number of amides is 1. The fraction of sp³-hybridized carbons (Fsp3) is 0.611. The summed E-state index contributed by atoms with van der Waals surface area (Å²) in [7, 11) is 2.06. The maximum atomic E-state index is 12.5.